The van der Waals surface area contributed by atoms with Crippen LogP contribution in [0.1, 0.15) is 20.8 Å². The first-order valence-electron chi connectivity index (χ1n) is 5.05. The maximum absolute atomic E-state index is 11.3. The number of thioether (sulfide) groups is 1. The Morgan fingerprint density at radius 2 is 2.00 bits per heavy atom. The van der Waals surface area contributed by atoms with E-state index in [0.29, 0.717) is 18.5 Å². The molecule has 0 fully saturated rings. The SMILES string of the molecule is CSCC(C)CNC(=O)CNC(C)C. The van der Waals surface area contributed by atoms with Crippen molar-refractivity contribution in [3.05, 3.63) is 0 Å². The molecule has 0 aliphatic heterocycles. The summed E-state index contributed by atoms with van der Waals surface area (Å²) in [6.07, 6.45) is 2.08. The van der Waals surface area contributed by atoms with Gasteiger partial charge in [0.1, 0.15) is 0 Å². The molecule has 0 heterocycles. The quantitative estimate of drug-likeness (QED) is 0.672. The van der Waals surface area contributed by atoms with Crippen molar-refractivity contribution in [1.29, 1.82) is 0 Å². The van der Waals surface area contributed by atoms with Crippen molar-refractivity contribution in [2.75, 3.05) is 25.1 Å². The van der Waals surface area contributed by atoms with Gasteiger partial charge >= 0.3 is 0 Å². The first-order chi connectivity index (χ1) is 6.56. The van der Waals surface area contributed by atoms with Crippen LogP contribution < -0.4 is 10.6 Å². The van der Waals surface area contributed by atoms with Crippen LogP contribution in [0.5, 0.6) is 0 Å². The Hall–Kier alpha value is -0.220. The van der Waals surface area contributed by atoms with E-state index in [1.807, 2.05) is 25.6 Å². The Balaban J connectivity index is 3.43. The number of amides is 1. The van der Waals surface area contributed by atoms with E-state index in [2.05, 4.69) is 23.8 Å². The summed E-state index contributed by atoms with van der Waals surface area (Å²) in [6, 6.07) is 0.365. The maximum atomic E-state index is 11.3. The molecule has 14 heavy (non-hydrogen) atoms. The lowest BCUT2D eigenvalue weighted by Gasteiger charge is -2.12. The van der Waals surface area contributed by atoms with Gasteiger partial charge in [0.05, 0.1) is 6.54 Å². The molecule has 0 aliphatic rings. The third-order valence-electron chi connectivity index (χ3n) is 1.77. The summed E-state index contributed by atoms with van der Waals surface area (Å²) >= 11 is 1.81. The number of carbonyl (C=O) groups is 1. The molecule has 0 aliphatic carbocycles. The van der Waals surface area contributed by atoms with Crippen molar-refractivity contribution in [2.45, 2.75) is 26.8 Å². The number of carbonyl (C=O) groups excluding carboxylic acids is 1. The number of rotatable bonds is 7. The predicted molar refractivity (Wildman–Crippen MR) is 63.7 cm³/mol. The Kier molecular flexibility index (Phi) is 7.99. The van der Waals surface area contributed by atoms with E-state index in [9.17, 15) is 4.79 Å². The minimum absolute atomic E-state index is 0.0895. The molecule has 0 rings (SSSR count). The molecule has 1 unspecified atom stereocenters. The molecule has 0 radical (unpaired) electrons. The monoisotopic (exact) mass is 218 g/mol. The molecule has 0 aromatic rings. The lowest BCUT2D eigenvalue weighted by molar-refractivity contribution is -0.120. The molecule has 4 heteroatoms. The Morgan fingerprint density at radius 3 is 2.50 bits per heavy atom. The summed E-state index contributed by atoms with van der Waals surface area (Å²) in [6.45, 7) is 7.41. The van der Waals surface area contributed by atoms with Gasteiger partial charge in [-0.25, -0.2) is 0 Å². The second kappa shape index (κ2) is 8.12. The van der Waals surface area contributed by atoms with Crippen molar-refractivity contribution >= 4 is 17.7 Å². The maximum Gasteiger partial charge on any atom is 0.233 e. The smallest absolute Gasteiger partial charge is 0.233 e. The first kappa shape index (κ1) is 13.8. The third-order valence-corrected chi connectivity index (χ3v) is 2.67. The zero-order valence-electron chi connectivity index (χ0n) is 9.59. The van der Waals surface area contributed by atoms with Crippen LogP contribution in [-0.2, 0) is 4.79 Å². The van der Waals surface area contributed by atoms with Crippen molar-refractivity contribution in [3.8, 4) is 0 Å². The van der Waals surface area contributed by atoms with Gasteiger partial charge in [-0.3, -0.25) is 4.79 Å². The fourth-order valence-corrected chi connectivity index (χ4v) is 1.68. The zero-order valence-corrected chi connectivity index (χ0v) is 10.4. The van der Waals surface area contributed by atoms with Gasteiger partial charge in [0.2, 0.25) is 5.91 Å². The van der Waals surface area contributed by atoms with Crippen molar-refractivity contribution in [3.63, 3.8) is 0 Å². The van der Waals surface area contributed by atoms with E-state index in [0.717, 1.165) is 12.3 Å². The Morgan fingerprint density at radius 1 is 1.36 bits per heavy atom. The average molecular weight is 218 g/mol. The topological polar surface area (TPSA) is 41.1 Å². The summed E-state index contributed by atoms with van der Waals surface area (Å²) in [5.74, 6) is 1.73. The molecule has 1 amide bonds. The summed E-state index contributed by atoms with van der Waals surface area (Å²) in [5, 5.41) is 5.99. The predicted octanol–water partition coefficient (Wildman–Crippen LogP) is 1.10. The Labute approximate surface area is 91.4 Å². The molecule has 1 atom stereocenters. The van der Waals surface area contributed by atoms with Crippen LogP contribution in [0.25, 0.3) is 0 Å². The van der Waals surface area contributed by atoms with Crippen LogP contribution in [0.2, 0.25) is 0 Å². The van der Waals surface area contributed by atoms with E-state index in [-0.39, 0.29) is 5.91 Å². The normalized spacial score (nSPS) is 12.9. The molecular formula is C10H22N2OS. The molecule has 0 aromatic carbocycles. The molecule has 0 saturated heterocycles. The number of nitrogens with one attached hydrogen (secondary N) is 2. The van der Waals surface area contributed by atoms with Crippen molar-refractivity contribution in [2.24, 2.45) is 5.92 Å². The number of hydrogen-bond acceptors (Lipinski definition) is 3. The highest BCUT2D eigenvalue weighted by Gasteiger charge is 2.04. The zero-order chi connectivity index (χ0) is 11.0. The molecule has 0 spiro atoms. The molecule has 0 saturated carbocycles. The summed E-state index contributed by atoms with van der Waals surface area (Å²) in [5.41, 5.74) is 0. The van der Waals surface area contributed by atoms with Crippen LogP contribution >= 0.6 is 11.8 Å². The molecular weight excluding hydrogens is 196 g/mol. The molecule has 0 aromatic heterocycles. The Bertz CT molecular complexity index is 162. The van der Waals surface area contributed by atoms with E-state index in [4.69, 9.17) is 0 Å². The van der Waals surface area contributed by atoms with Gasteiger partial charge in [0.25, 0.3) is 0 Å². The van der Waals surface area contributed by atoms with Gasteiger partial charge in [0, 0.05) is 12.6 Å². The van der Waals surface area contributed by atoms with Crippen LogP contribution in [-0.4, -0.2) is 37.0 Å². The van der Waals surface area contributed by atoms with Gasteiger partial charge in [0.15, 0.2) is 0 Å². The highest BCUT2D eigenvalue weighted by atomic mass is 32.2. The summed E-state index contributed by atoms with van der Waals surface area (Å²) in [7, 11) is 0. The van der Waals surface area contributed by atoms with Crippen molar-refractivity contribution < 1.29 is 4.79 Å². The lowest BCUT2D eigenvalue weighted by Crippen LogP contribution is -2.38. The third kappa shape index (κ3) is 8.38. The van der Waals surface area contributed by atoms with Crippen LogP contribution in [0.15, 0.2) is 0 Å². The average Bonchev–Trinajstić information content (AvgIpc) is 2.12. The van der Waals surface area contributed by atoms with E-state index < -0.39 is 0 Å². The first-order valence-corrected chi connectivity index (χ1v) is 6.44. The molecule has 2 N–H and O–H groups in total. The van der Waals surface area contributed by atoms with E-state index in [1.165, 1.54) is 0 Å². The van der Waals surface area contributed by atoms with E-state index in [1.54, 1.807) is 0 Å². The van der Waals surface area contributed by atoms with Gasteiger partial charge in [-0.2, -0.15) is 11.8 Å². The fraction of sp³-hybridized carbons (Fsp3) is 0.900. The van der Waals surface area contributed by atoms with Crippen LogP contribution in [0, 0.1) is 5.92 Å². The minimum atomic E-state index is 0.0895. The summed E-state index contributed by atoms with van der Waals surface area (Å²) in [4.78, 5) is 11.3. The highest BCUT2D eigenvalue weighted by molar-refractivity contribution is 7.98. The fourth-order valence-electron chi connectivity index (χ4n) is 0.991. The minimum Gasteiger partial charge on any atom is -0.355 e. The van der Waals surface area contributed by atoms with Gasteiger partial charge in [-0.05, 0) is 17.9 Å². The molecule has 3 nitrogen and oxygen atoms in total. The van der Waals surface area contributed by atoms with Crippen LogP contribution in [0.4, 0.5) is 0 Å². The van der Waals surface area contributed by atoms with Gasteiger partial charge in [-0.15, -0.1) is 0 Å². The molecule has 0 bridgehead atoms. The number of hydrogen-bond donors (Lipinski definition) is 2. The van der Waals surface area contributed by atoms with E-state index >= 15 is 0 Å². The van der Waals surface area contributed by atoms with Crippen LogP contribution in [0.3, 0.4) is 0 Å². The lowest BCUT2D eigenvalue weighted by atomic mass is 10.2. The second-order valence-electron chi connectivity index (χ2n) is 3.90. The van der Waals surface area contributed by atoms with Gasteiger partial charge in [-0.1, -0.05) is 20.8 Å². The standard InChI is InChI=1S/C10H22N2OS/c1-8(2)11-6-10(13)12-5-9(3)7-14-4/h8-9,11H,5-7H2,1-4H3,(H,12,13). The summed E-state index contributed by atoms with van der Waals surface area (Å²) < 4.78 is 0. The van der Waals surface area contributed by atoms with Crippen molar-refractivity contribution in [1.82, 2.24) is 10.6 Å². The van der Waals surface area contributed by atoms with Gasteiger partial charge < -0.3 is 10.6 Å². The second-order valence-corrected chi connectivity index (χ2v) is 4.81. The largest absolute Gasteiger partial charge is 0.355 e. The highest BCUT2D eigenvalue weighted by Crippen LogP contribution is 2.02. The molecule has 84 valence electrons.